The lowest BCUT2D eigenvalue weighted by Gasteiger charge is -2.17. The highest BCUT2D eigenvalue weighted by molar-refractivity contribution is 7.24. The zero-order valence-electron chi connectivity index (χ0n) is 19.3. The van der Waals surface area contributed by atoms with E-state index in [1.165, 1.54) is 18.4 Å². The minimum Gasteiger partial charge on any atom is -0.493 e. The van der Waals surface area contributed by atoms with Crippen molar-refractivity contribution in [1.82, 2.24) is 9.55 Å². The smallest absolute Gasteiger partial charge is 0.266 e. The van der Waals surface area contributed by atoms with Crippen LogP contribution >= 0.6 is 11.3 Å². The molecule has 4 rings (SSSR count). The molecule has 0 spiro atoms. The minimum absolute atomic E-state index is 0.124. The molecule has 7 nitrogen and oxygen atoms in total. The molecular weight excluding hydrogens is 440 g/mol. The van der Waals surface area contributed by atoms with E-state index < -0.39 is 0 Å². The molecule has 172 valence electrons. The second-order valence-corrected chi connectivity index (χ2v) is 9.13. The normalized spacial score (nSPS) is 11.3. The molecule has 0 saturated carbocycles. The number of hydrogen-bond donors (Lipinski definition) is 0. The van der Waals surface area contributed by atoms with Crippen LogP contribution in [-0.2, 0) is 6.54 Å². The fourth-order valence-corrected chi connectivity index (χ4v) is 4.85. The Balaban J connectivity index is 2.09. The predicted molar refractivity (Wildman–Crippen MR) is 132 cm³/mol. The van der Waals surface area contributed by atoms with E-state index in [2.05, 4.69) is 13.8 Å². The van der Waals surface area contributed by atoms with Gasteiger partial charge < -0.3 is 14.2 Å². The van der Waals surface area contributed by atoms with E-state index in [4.69, 9.17) is 19.2 Å². The van der Waals surface area contributed by atoms with E-state index in [1.807, 2.05) is 12.1 Å². The van der Waals surface area contributed by atoms with Gasteiger partial charge in [0.15, 0.2) is 11.5 Å². The first-order chi connectivity index (χ1) is 15.9. The van der Waals surface area contributed by atoms with Gasteiger partial charge in [0.05, 0.1) is 21.3 Å². The Morgan fingerprint density at radius 1 is 1.00 bits per heavy atom. The average Bonchev–Trinajstić information content (AvgIpc) is 2.82. The molecule has 0 aliphatic rings. The van der Waals surface area contributed by atoms with E-state index in [9.17, 15) is 9.59 Å². The molecule has 33 heavy (non-hydrogen) atoms. The van der Waals surface area contributed by atoms with Crippen molar-refractivity contribution >= 4 is 31.6 Å². The quantitative estimate of drug-likeness (QED) is 0.367. The first kappa shape index (κ1) is 22.8. The second kappa shape index (κ2) is 9.23. The fraction of sp³-hybridized carbons (Fsp3) is 0.320. The van der Waals surface area contributed by atoms with Gasteiger partial charge in [-0.15, -0.1) is 11.3 Å². The van der Waals surface area contributed by atoms with Crippen LogP contribution in [0.4, 0.5) is 0 Å². The molecule has 8 heteroatoms. The first-order valence-electron chi connectivity index (χ1n) is 10.7. The number of hydrogen-bond acceptors (Lipinski definition) is 7. The molecule has 0 aliphatic carbocycles. The first-order valence-corrected chi connectivity index (χ1v) is 11.5. The Labute approximate surface area is 195 Å². The summed E-state index contributed by atoms with van der Waals surface area (Å²) in [6.07, 6.45) is 0.760. The van der Waals surface area contributed by atoms with Crippen LogP contribution in [0.2, 0.25) is 0 Å². The van der Waals surface area contributed by atoms with Crippen LogP contribution in [0.3, 0.4) is 0 Å². The highest BCUT2D eigenvalue weighted by atomic mass is 32.1. The van der Waals surface area contributed by atoms with Crippen LogP contribution in [-0.4, -0.2) is 30.9 Å². The molecule has 0 fully saturated rings. The minimum atomic E-state index is -0.337. The van der Waals surface area contributed by atoms with Gasteiger partial charge in [0.1, 0.15) is 16.0 Å². The molecule has 2 heterocycles. The van der Waals surface area contributed by atoms with Gasteiger partial charge in [-0.05, 0) is 36.6 Å². The van der Waals surface area contributed by atoms with Gasteiger partial charge >= 0.3 is 0 Å². The SMILES string of the molecule is COc1cc(-c2nc3sc4ccccc4c(=O)c3c(=O)n2CCC(C)C)cc(OC)c1OC. The third-order valence-corrected chi connectivity index (χ3v) is 6.62. The standard InChI is InChI=1S/C25H26N2O5S/c1-14(2)10-11-27-23(15-12-17(30-3)22(32-5)18(13-15)31-4)26-24-20(25(27)29)21(28)16-8-6-7-9-19(16)33-24/h6-9,12-14H,10-11H2,1-5H3. The Kier molecular flexibility index (Phi) is 6.37. The molecular formula is C25H26N2O5S. The molecule has 2 aromatic carbocycles. The lowest BCUT2D eigenvalue weighted by atomic mass is 10.1. The van der Waals surface area contributed by atoms with Gasteiger partial charge in [-0.3, -0.25) is 14.2 Å². The molecule has 4 aromatic rings. The Bertz CT molecular complexity index is 1430. The van der Waals surface area contributed by atoms with Crippen molar-refractivity contribution in [3.63, 3.8) is 0 Å². The van der Waals surface area contributed by atoms with Gasteiger partial charge in [-0.25, -0.2) is 4.98 Å². The summed E-state index contributed by atoms with van der Waals surface area (Å²) in [7, 11) is 4.62. The summed E-state index contributed by atoms with van der Waals surface area (Å²) in [5.74, 6) is 2.20. The molecule has 0 aliphatic heterocycles. The number of benzene rings is 2. The number of ether oxygens (including phenoxy) is 3. The van der Waals surface area contributed by atoms with Crippen LogP contribution in [0.5, 0.6) is 17.2 Å². The zero-order valence-corrected chi connectivity index (χ0v) is 20.1. The fourth-order valence-electron chi connectivity index (χ4n) is 3.81. The number of fused-ring (bicyclic) bond motifs is 2. The maximum absolute atomic E-state index is 13.7. The molecule has 2 aromatic heterocycles. The van der Waals surface area contributed by atoms with Crippen molar-refractivity contribution in [3.8, 4) is 28.6 Å². The van der Waals surface area contributed by atoms with Crippen LogP contribution in [0.1, 0.15) is 20.3 Å². The third kappa shape index (κ3) is 4.06. The second-order valence-electron chi connectivity index (χ2n) is 8.10. The van der Waals surface area contributed by atoms with Crippen molar-refractivity contribution in [1.29, 1.82) is 0 Å². The lowest BCUT2D eigenvalue weighted by molar-refractivity contribution is 0.324. The maximum Gasteiger partial charge on any atom is 0.266 e. The lowest BCUT2D eigenvalue weighted by Crippen LogP contribution is -2.27. The van der Waals surface area contributed by atoms with E-state index in [0.29, 0.717) is 51.3 Å². The highest BCUT2D eigenvalue weighted by Crippen LogP contribution is 2.41. The van der Waals surface area contributed by atoms with Crippen molar-refractivity contribution < 1.29 is 14.2 Å². The highest BCUT2D eigenvalue weighted by Gasteiger charge is 2.21. The summed E-state index contributed by atoms with van der Waals surface area (Å²) < 4.78 is 18.8. The largest absolute Gasteiger partial charge is 0.493 e. The van der Waals surface area contributed by atoms with E-state index in [1.54, 1.807) is 43.1 Å². The van der Waals surface area contributed by atoms with E-state index >= 15 is 0 Å². The number of rotatable bonds is 7. The molecule has 0 atom stereocenters. The van der Waals surface area contributed by atoms with Gasteiger partial charge in [0.25, 0.3) is 5.56 Å². The molecule has 0 N–H and O–H groups in total. The summed E-state index contributed by atoms with van der Waals surface area (Å²) in [5, 5.41) is 0.656. The van der Waals surface area contributed by atoms with Crippen LogP contribution < -0.4 is 25.2 Å². The number of aromatic nitrogens is 2. The molecule has 0 unspecified atom stereocenters. The number of methoxy groups -OCH3 is 3. The van der Waals surface area contributed by atoms with Gasteiger partial charge in [-0.2, -0.15) is 0 Å². The van der Waals surface area contributed by atoms with Crippen LogP contribution in [0.15, 0.2) is 46.0 Å². The molecule has 0 bridgehead atoms. The van der Waals surface area contributed by atoms with E-state index in [-0.39, 0.29) is 16.4 Å². The van der Waals surface area contributed by atoms with Crippen molar-refractivity contribution in [3.05, 3.63) is 57.0 Å². The van der Waals surface area contributed by atoms with Crippen LogP contribution in [0.25, 0.3) is 31.7 Å². The Morgan fingerprint density at radius 2 is 1.67 bits per heavy atom. The predicted octanol–water partition coefficient (Wildman–Crippen LogP) is 4.71. The third-order valence-electron chi connectivity index (χ3n) is 5.55. The van der Waals surface area contributed by atoms with Gasteiger partial charge in [0.2, 0.25) is 11.2 Å². The molecule has 0 radical (unpaired) electrons. The van der Waals surface area contributed by atoms with Crippen molar-refractivity contribution in [2.75, 3.05) is 21.3 Å². The summed E-state index contributed by atoms with van der Waals surface area (Å²) >= 11 is 1.34. The summed E-state index contributed by atoms with van der Waals surface area (Å²) in [6.45, 7) is 4.61. The molecule has 0 amide bonds. The maximum atomic E-state index is 13.7. The van der Waals surface area contributed by atoms with Crippen LogP contribution in [0, 0.1) is 5.92 Å². The van der Waals surface area contributed by atoms with Crippen molar-refractivity contribution in [2.45, 2.75) is 26.8 Å². The Hall–Kier alpha value is -3.39. The van der Waals surface area contributed by atoms with Gasteiger partial charge in [0, 0.05) is 22.2 Å². The Morgan fingerprint density at radius 3 is 2.27 bits per heavy atom. The molecule has 0 saturated heterocycles. The number of nitrogens with zero attached hydrogens (tertiary/aromatic N) is 2. The summed E-state index contributed by atoms with van der Waals surface area (Å²) in [5.41, 5.74) is 0.0167. The van der Waals surface area contributed by atoms with E-state index in [0.717, 1.165) is 11.1 Å². The average molecular weight is 467 g/mol. The monoisotopic (exact) mass is 466 g/mol. The zero-order chi connectivity index (χ0) is 23.7. The summed E-state index contributed by atoms with van der Waals surface area (Å²) in [4.78, 5) is 32.1. The van der Waals surface area contributed by atoms with Crippen molar-refractivity contribution in [2.24, 2.45) is 5.92 Å². The van der Waals surface area contributed by atoms with Gasteiger partial charge in [-0.1, -0.05) is 26.0 Å². The summed E-state index contributed by atoms with van der Waals surface area (Å²) in [6, 6.07) is 10.8. The topological polar surface area (TPSA) is 79.7 Å².